The van der Waals surface area contributed by atoms with Crippen LogP contribution in [0.5, 0.6) is 0 Å². The smallest absolute Gasteiger partial charge is 0.257 e. The molecule has 1 saturated heterocycles. The molecule has 140 valence electrons. The zero-order chi connectivity index (χ0) is 18.7. The summed E-state index contributed by atoms with van der Waals surface area (Å²) < 4.78 is 30.3. The first-order valence-electron chi connectivity index (χ1n) is 8.38. The van der Waals surface area contributed by atoms with E-state index in [1.807, 2.05) is 6.92 Å². The van der Waals surface area contributed by atoms with Crippen LogP contribution in [0.4, 0.5) is 4.39 Å². The van der Waals surface area contributed by atoms with Gasteiger partial charge in [-0.05, 0) is 32.4 Å². The lowest BCUT2D eigenvalue weighted by molar-refractivity contribution is 0.0318. The second kappa shape index (κ2) is 8.16. The molecule has 2 atom stereocenters. The first kappa shape index (κ1) is 18.8. The lowest BCUT2D eigenvalue weighted by atomic mass is 10.0. The van der Waals surface area contributed by atoms with Gasteiger partial charge in [-0.1, -0.05) is 22.8 Å². The summed E-state index contributed by atoms with van der Waals surface area (Å²) in [7, 11) is 0. The Kier molecular flexibility index (Phi) is 5.90. The van der Waals surface area contributed by atoms with Crippen LogP contribution in [0.25, 0.3) is 11.3 Å². The Balaban J connectivity index is 1.74. The second-order valence-electron chi connectivity index (χ2n) is 6.25. The van der Waals surface area contributed by atoms with Crippen LogP contribution in [-0.2, 0) is 9.47 Å². The molecule has 1 aromatic heterocycles. The van der Waals surface area contributed by atoms with E-state index in [2.05, 4.69) is 10.5 Å². The predicted molar refractivity (Wildman–Crippen MR) is 93.7 cm³/mol. The third kappa shape index (κ3) is 4.06. The Bertz CT molecular complexity index is 769. The molecule has 0 unspecified atom stereocenters. The largest absolute Gasteiger partial charge is 0.379 e. The minimum atomic E-state index is -0.572. The van der Waals surface area contributed by atoms with E-state index >= 15 is 0 Å². The number of nitrogens with one attached hydrogen (secondary N) is 1. The number of nitrogens with zero attached hydrogens (tertiary/aromatic N) is 1. The number of ether oxygens (including phenoxy) is 2. The molecule has 1 amide bonds. The summed E-state index contributed by atoms with van der Waals surface area (Å²) in [5, 5.41) is 6.82. The summed E-state index contributed by atoms with van der Waals surface area (Å²) >= 11 is 6.09. The van der Waals surface area contributed by atoms with E-state index in [1.54, 1.807) is 6.92 Å². The third-order valence-electron chi connectivity index (χ3n) is 4.14. The molecule has 0 bridgehead atoms. The fourth-order valence-electron chi connectivity index (χ4n) is 2.80. The van der Waals surface area contributed by atoms with Crippen LogP contribution >= 0.6 is 11.6 Å². The number of halogens is 2. The quantitative estimate of drug-likeness (QED) is 0.829. The highest BCUT2D eigenvalue weighted by Gasteiger charge is 2.26. The molecule has 3 rings (SSSR count). The van der Waals surface area contributed by atoms with Crippen molar-refractivity contribution in [2.24, 2.45) is 0 Å². The van der Waals surface area contributed by atoms with Crippen LogP contribution < -0.4 is 5.32 Å². The van der Waals surface area contributed by atoms with Crippen LogP contribution in [0, 0.1) is 12.7 Å². The molecule has 1 N–H and O–H groups in total. The molecule has 1 aliphatic heterocycles. The summed E-state index contributed by atoms with van der Waals surface area (Å²) in [6.45, 7) is 5.03. The van der Waals surface area contributed by atoms with Crippen LogP contribution in [-0.4, -0.2) is 43.0 Å². The Hall–Kier alpha value is -1.96. The molecule has 6 nitrogen and oxygen atoms in total. The summed E-state index contributed by atoms with van der Waals surface area (Å²) in [5.74, 6) is -0.705. The van der Waals surface area contributed by atoms with Crippen LogP contribution in [0.3, 0.4) is 0 Å². The Morgan fingerprint density at radius 3 is 3.04 bits per heavy atom. The van der Waals surface area contributed by atoms with Crippen molar-refractivity contribution in [3.8, 4) is 11.3 Å². The Morgan fingerprint density at radius 2 is 2.35 bits per heavy atom. The highest BCUT2D eigenvalue weighted by molar-refractivity contribution is 6.33. The molecular formula is C18H20ClFN2O4. The van der Waals surface area contributed by atoms with Crippen LogP contribution in [0.2, 0.25) is 5.02 Å². The van der Waals surface area contributed by atoms with Crippen molar-refractivity contribution in [2.75, 3.05) is 19.8 Å². The van der Waals surface area contributed by atoms with Crippen molar-refractivity contribution in [3.05, 3.63) is 40.4 Å². The molecule has 26 heavy (non-hydrogen) atoms. The van der Waals surface area contributed by atoms with Crippen molar-refractivity contribution in [1.29, 1.82) is 0 Å². The van der Waals surface area contributed by atoms with E-state index < -0.39 is 11.7 Å². The maximum absolute atomic E-state index is 14.2. The fraction of sp³-hybridized carbons (Fsp3) is 0.444. The normalized spacial score (nSPS) is 18.1. The van der Waals surface area contributed by atoms with Crippen molar-refractivity contribution in [2.45, 2.75) is 32.4 Å². The highest BCUT2D eigenvalue weighted by Crippen LogP contribution is 2.33. The monoisotopic (exact) mass is 382 g/mol. The molecular weight excluding hydrogens is 363 g/mol. The number of benzene rings is 1. The number of amides is 1. The van der Waals surface area contributed by atoms with Crippen LogP contribution in [0.1, 0.15) is 29.5 Å². The van der Waals surface area contributed by atoms with E-state index in [4.69, 9.17) is 25.6 Å². The summed E-state index contributed by atoms with van der Waals surface area (Å²) in [6, 6.07) is 4.03. The van der Waals surface area contributed by atoms with E-state index in [0.717, 1.165) is 6.42 Å². The molecule has 8 heteroatoms. The van der Waals surface area contributed by atoms with Crippen molar-refractivity contribution in [1.82, 2.24) is 10.5 Å². The topological polar surface area (TPSA) is 73.6 Å². The zero-order valence-electron chi connectivity index (χ0n) is 14.6. The minimum absolute atomic E-state index is 0.0446. The van der Waals surface area contributed by atoms with E-state index in [0.29, 0.717) is 19.8 Å². The maximum Gasteiger partial charge on any atom is 0.257 e. The van der Waals surface area contributed by atoms with E-state index in [-0.39, 0.29) is 39.7 Å². The molecule has 1 aromatic carbocycles. The first-order valence-corrected chi connectivity index (χ1v) is 8.76. The van der Waals surface area contributed by atoms with Crippen molar-refractivity contribution in [3.63, 3.8) is 0 Å². The minimum Gasteiger partial charge on any atom is -0.379 e. The molecule has 0 aliphatic carbocycles. The average molecular weight is 383 g/mol. The molecule has 0 saturated carbocycles. The summed E-state index contributed by atoms with van der Waals surface area (Å²) in [4.78, 5) is 12.7. The highest BCUT2D eigenvalue weighted by atomic mass is 35.5. The Morgan fingerprint density at radius 1 is 1.54 bits per heavy atom. The first-order chi connectivity index (χ1) is 12.5. The molecule has 0 spiro atoms. The third-order valence-corrected chi connectivity index (χ3v) is 4.45. The van der Waals surface area contributed by atoms with Gasteiger partial charge in [0.05, 0.1) is 29.9 Å². The lowest BCUT2D eigenvalue weighted by Crippen LogP contribution is -2.37. The Labute approximate surface area is 155 Å². The number of carbonyl (C=O) groups is 1. The lowest BCUT2D eigenvalue weighted by Gasteiger charge is -2.17. The standard InChI is InChI=1S/C18H20ClFN2O4/c1-10(8-25-12-6-7-24-9-12)21-18(23)15-11(2)26-22-17(15)16-13(19)4-3-5-14(16)20/h3-5,10,12H,6-9H2,1-2H3,(H,21,23)/t10-,12-/m1/s1. The predicted octanol–water partition coefficient (Wildman–Crippen LogP) is 3.37. The molecule has 0 radical (unpaired) electrons. The molecule has 2 heterocycles. The SMILES string of the molecule is Cc1onc(-c2c(F)cccc2Cl)c1C(=O)N[C@H](C)CO[C@@H]1CCOC1. The van der Waals surface area contributed by atoms with Gasteiger partial charge >= 0.3 is 0 Å². The van der Waals surface area contributed by atoms with Gasteiger partial charge in [0.15, 0.2) is 0 Å². The molecule has 1 aliphatic rings. The number of hydrogen-bond donors (Lipinski definition) is 1. The van der Waals surface area contributed by atoms with Gasteiger partial charge in [-0.3, -0.25) is 4.79 Å². The molecule has 2 aromatic rings. The van der Waals surface area contributed by atoms with Gasteiger partial charge in [0.1, 0.15) is 22.8 Å². The van der Waals surface area contributed by atoms with Gasteiger partial charge in [-0.2, -0.15) is 0 Å². The number of aromatic nitrogens is 1. The number of rotatable bonds is 6. The van der Waals surface area contributed by atoms with E-state index in [9.17, 15) is 9.18 Å². The van der Waals surface area contributed by atoms with Gasteiger partial charge in [0, 0.05) is 12.6 Å². The summed E-state index contributed by atoms with van der Waals surface area (Å²) in [6.07, 6.45) is 0.904. The van der Waals surface area contributed by atoms with E-state index in [1.165, 1.54) is 18.2 Å². The second-order valence-corrected chi connectivity index (χ2v) is 6.66. The van der Waals surface area contributed by atoms with Gasteiger partial charge in [0.2, 0.25) is 0 Å². The number of carbonyl (C=O) groups excluding carboxylic acids is 1. The van der Waals surface area contributed by atoms with Crippen molar-refractivity contribution < 1.29 is 23.2 Å². The summed E-state index contributed by atoms with van der Waals surface area (Å²) in [5.41, 5.74) is 0.289. The van der Waals surface area contributed by atoms with Gasteiger partial charge in [-0.25, -0.2) is 4.39 Å². The van der Waals surface area contributed by atoms with Gasteiger partial charge in [0.25, 0.3) is 5.91 Å². The number of aryl methyl sites for hydroxylation is 1. The zero-order valence-corrected chi connectivity index (χ0v) is 15.3. The van der Waals surface area contributed by atoms with Gasteiger partial charge in [-0.15, -0.1) is 0 Å². The van der Waals surface area contributed by atoms with Crippen LogP contribution in [0.15, 0.2) is 22.7 Å². The number of hydrogen-bond acceptors (Lipinski definition) is 5. The fourth-order valence-corrected chi connectivity index (χ4v) is 3.05. The maximum atomic E-state index is 14.2. The van der Waals surface area contributed by atoms with Gasteiger partial charge < -0.3 is 19.3 Å². The molecule has 1 fully saturated rings. The van der Waals surface area contributed by atoms with Crippen molar-refractivity contribution >= 4 is 17.5 Å². The average Bonchev–Trinajstić information content (AvgIpc) is 3.23.